The van der Waals surface area contributed by atoms with Crippen LogP contribution >= 0.6 is 0 Å². The Labute approximate surface area is 164 Å². The standard InChI is InChI=1S/C21H23N5O2/c1-4-5-10-25-13-26-19(15(3)24-20(26)21(25)27)16-6-7-18(14(2)11-16)28-17-8-9-22-23-12-17/h6-9,11-12H,4-5,10,13H2,1-3H3. The van der Waals surface area contributed by atoms with E-state index in [0.29, 0.717) is 18.2 Å². The highest BCUT2D eigenvalue weighted by Crippen LogP contribution is 2.33. The Morgan fingerprint density at radius 2 is 2.04 bits per heavy atom. The van der Waals surface area contributed by atoms with Crippen molar-refractivity contribution < 1.29 is 9.53 Å². The predicted octanol–water partition coefficient (Wildman–Crippen LogP) is 3.96. The van der Waals surface area contributed by atoms with Gasteiger partial charge < -0.3 is 14.2 Å². The number of ether oxygens (including phenoxy) is 1. The third kappa shape index (κ3) is 3.24. The summed E-state index contributed by atoms with van der Waals surface area (Å²) in [6, 6.07) is 7.79. The summed E-state index contributed by atoms with van der Waals surface area (Å²) < 4.78 is 7.92. The molecule has 1 aromatic carbocycles. The fourth-order valence-electron chi connectivity index (χ4n) is 3.51. The summed E-state index contributed by atoms with van der Waals surface area (Å²) in [6.07, 6.45) is 5.24. The largest absolute Gasteiger partial charge is 0.455 e. The van der Waals surface area contributed by atoms with Crippen LogP contribution in [0, 0.1) is 13.8 Å². The van der Waals surface area contributed by atoms with Gasteiger partial charge in [-0.2, -0.15) is 10.2 Å². The molecule has 7 heteroatoms. The van der Waals surface area contributed by atoms with Crippen molar-refractivity contribution in [3.63, 3.8) is 0 Å². The Hall–Kier alpha value is -3.22. The Morgan fingerprint density at radius 3 is 2.75 bits per heavy atom. The van der Waals surface area contributed by atoms with E-state index in [-0.39, 0.29) is 5.91 Å². The average molecular weight is 377 g/mol. The highest BCUT2D eigenvalue weighted by Gasteiger charge is 2.32. The second kappa shape index (κ2) is 7.42. The quantitative estimate of drug-likeness (QED) is 0.650. The van der Waals surface area contributed by atoms with E-state index in [2.05, 4.69) is 28.2 Å². The summed E-state index contributed by atoms with van der Waals surface area (Å²) in [5, 5.41) is 7.59. The van der Waals surface area contributed by atoms with Gasteiger partial charge in [-0.15, -0.1) is 0 Å². The number of fused-ring (bicyclic) bond motifs is 1. The van der Waals surface area contributed by atoms with Gasteiger partial charge in [0.05, 0.1) is 30.5 Å². The summed E-state index contributed by atoms with van der Waals surface area (Å²) in [5.74, 6) is 1.95. The molecule has 0 saturated carbocycles. The fraction of sp³-hybridized carbons (Fsp3) is 0.333. The number of carbonyl (C=O) groups is 1. The lowest BCUT2D eigenvalue weighted by molar-refractivity contribution is 0.0763. The molecule has 3 aromatic rings. The van der Waals surface area contributed by atoms with E-state index in [1.54, 1.807) is 18.5 Å². The number of benzene rings is 1. The number of amides is 1. The van der Waals surface area contributed by atoms with Crippen LogP contribution in [0.2, 0.25) is 0 Å². The van der Waals surface area contributed by atoms with Crippen LogP contribution in [0.1, 0.15) is 41.6 Å². The normalized spacial score (nSPS) is 13.1. The van der Waals surface area contributed by atoms with Gasteiger partial charge in [0.25, 0.3) is 5.91 Å². The zero-order valence-corrected chi connectivity index (χ0v) is 16.3. The van der Waals surface area contributed by atoms with Crippen molar-refractivity contribution in [2.75, 3.05) is 6.54 Å². The van der Waals surface area contributed by atoms with Crippen LogP contribution in [-0.2, 0) is 6.67 Å². The molecular weight excluding hydrogens is 354 g/mol. The summed E-state index contributed by atoms with van der Waals surface area (Å²) in [5.41, 5.74) is 3.88. The first kappa shape index (κ1) is 18.2. The molecule has 1 amide bonds. The van der Waals surface area contributed by atoms with Gasteiger partial charge in [-0.1, -0.05) is 13.3 Å². The van der Waals surface area contributed by atoms with E-state index >= 15 is 0 Å². The van der Waals surface area contributed by atoms with E-state index in [1.165, 1.54) is 0 Å². The van der Waals surface area contributed by atoms with Gasteiger partial charge in [-0.25, -0.2) is 4.98 Å². The van der Waals surface area contributed by atoms with Crippen LogP contribution in [0.4, 0.5) is 0 Å². The van der Waals surface area contributed by atoms with Crippen molar-refractivity contribution in [2.45, 2.75) is 40.3 Å². The molecule has 0 unspecified atom stereocenters. The maximum Gasteiger partial charge on any atom is 0.291 e. The minimum atomic E-state index is 0.0182. The van der Waals surface area contributed by atoms with Crippen molar-refractivity contribution in [3.8, 4) is 22.8 Å². The van der Waals surface area contributed by atoms with E-state index in [1.807, 2.05) is 35.4 Å². The van der Waals surface area contributed by atoms with Gasteiger partial charge in [0.1, 0.15) is 11.5 Å². The summed E-state index contributed by atoms with van der Waals surface area (Å²) in [7, 11) is 0. The number of imidazole rings is 1. The molecule has 0 fully saturated rings. The van der Waals surface area contributed by atoms with E-state index in [9.17, 15) is 4.79 Å². The highest BCUT2D eigenvalue weighted by molar-refractivity contribution is 5.94. The number of unbranched alkanes of at least 4 members (excludes halogenated alkanes) is 1. The smallest absolute Gasteiger partial charge is 0.291 e. The van der Waals surface area contributed by atoms with Gasteiger partial charge in [0, 0.05) is 18.2 Å². The van der Waals surface area contributed by atoms with Crippen molar-refractivity contribution in [1.82, 2.24) is 24.6 Å². The minimum absolute atomic E-state index is 0.0182. The van der Waals surface area contributed by atoms with Gasteiger partial charge in [0.2, 0.25) is 5.82 Å². The number of hydrogen-bond donors (Lipinski definition) is 0. The number of nitrogens with zero attached hydrogens (tertiary/aromatic N) is 5. The molecule has 1 aliphatic heterocycles. The molecule has 28 heavy (non-hydrogen) atoms. The molecule has 0 radical (unpaired) electrons. The van der Waals surface area contributed by atoms with Crippen molar-refractivity contribution in [3.05, 3.63) is 53.7 Å². The van der Waals surface area contributed by atoms with Crippen molar-refractivity contribution in [2.24, 2.45) is 0 Å². The zero-order valence-electron chi connectivity index (χ0n) is 16.3. The molecule has 3 heterocycles. The first-order chi connectivity index (χ1) is 13.6. The average Bonchev–Trinajstić information content (AvgIpc) is 3.17. The molecule has 1 aliphatic rings. The molecule has 0 spiro atoms. The number of carbonyl (C=O) groups excluding carboxylic acids is 1. The topological polar surface area (TPSA) is 73.1 Å². The molecule has 0 atom stereocenters. The Balaban J connectivity index is 1.63. The summed E-state index contributed by atoms with van der Waals surface area (Å²) in [6.45, 7) is 7.41. The van der Waals surface area contributed by atoms with Crippen LogP contribution in [0.5, 0.6) is 11.5 Å². The third-order valence-electron chi connectivity index (χ3n) is 4.95. The maximum absolute atomic E-state index is 12.6. The third-order valence-corrected chi connectivity index (χ3v) is 4.95. The molecule has 2 aromatic heterocycles. The van der Waals surface area contributed by atoms with Crippen molar-refractivity contribution in [1.29, 1.82) is 0 Å². The molecule has 7 nitrogen and oxygen atoms in total. The van der Waals surface area contributed by atoms with Crippen LogP contribution < -0.4 is 4.74 Å². The van der Waals surface area contributed by atoms with Gasteiger partial charge in [-0.3, -0.25) is 4.79 Å². The second-order valence-corrected chi connectivity index (χ2v) is 7.02. The van der Waals surface area contributed by atoms with Crippen molar-refractivity contribution >= 4 is 5.91 Å². The van der Waals surface area contributed by atoms with Gasteiger partial charge in [0.15, 0.2) is 0 Å². The molecule has 0 N–H and O–H groups in total. The summed E-state index contributed by atoms with van der Waals surface area (Å²) in [4.78, 5) is 19.1. The Kier molecular flexibility index (Phi) is 4.81. The minimum Gasteiger partial charge on any atom is -0.455 e. The van der Waals surface area contributed by atoms with E-state index in [0.717, 1.165) is 47.7 Å². The van der Waals surface area contributed by atoms with E-state index in [4.69, 9.17) is 4.74 Å². The van der Waals surface area contributed by atoms with Gasteiger partial charge >= 0.3 is 0 Å². The molecule has 0 bridgehead atoms. The predicted molar refractivity (Wildman–Crippen MR) is 105 cm³/mol. The van der Waals surface area contributed by atoms with Crippen LogP contribution in [-0.4, -0.2) is 37.1 Å². The van der Waals surface area contributed by atoms with Crippen LogP contribution in [0.15, 0.2) is 36.7 Å². The number of rotatable bonds is 6. The SMILES string of the molecule is CCCCN1Cn2c(nc(C)c2-c2ccc(Oc3ccnnc3)c(C)c2)C1=O. The lowest BCUT2D eigenvalue weighted by atomic mass is 10.1. The lowest BCUT2D eigenvalue weighted by Gasteiger charge is -2.16. The molecule has 144 valence electrons. The molecule has 0 aliphatic carbocycles. The Morgan fingerprint density at radius 1 is 1.18 bits per heavy atom. The first-order valence-electron chi connectivity index (χ1n) is 9.50. The fourth-order valence-corrected chi connectivity index (χ4v) is 3.51. The second-order valence-electron chi connectivity index (χ2n) is 7.02. The van der Waals surface area contributed by atoms with Crippen LogP contribution in [0.3, 0.4) is 0 Å². The molecule has 4 rings (SSSR count). The van der Waals surface area contributed by atoms with E-state index < -0.39 is 0 Å². The number of hydrogen-bond acceptors (Lipinski definition) is 5. The first-order valence-corrected chi connectivity index (χ1v) is 9.50. The molecule has 0 saturated heterocycles. The maximum atomic E-state index is 12.6. The zero-order chi connectivity index (χ0) is 19.7. The highest BCUT2D eigenvalue weighted by atomic mass is 16.5. The summed E-state index contributed by atoms with van der Waals surface area (Å²) >= 11 is 0. The monoisotopic (exact) mass is 377 g/mol. The van der Waals surface area contributed by atoms with Crippen LogP contribution in [0.25, 0.3) is 11.3 Å². The lowest BCUT2D eigenvalue weighted by Crippen LogP contribution is -2.26. The number of aromatic nitrogens is 4. The van der Waals surface area contributed by atoms with Gasteiger partial charge in [-0.05, 0) is 44.0 Å². The number of aryl methyl sites for hydroxylation is 2. The molecular formula is C21H23N5O2. The Bertz CT molecular complexity index is 1010.